The van der Waals surface area contributed by atoms with E-state index >= 15 is 0 Å². The van der Waals surface area contributed by atoms with Gasteiger partial charge in [0.05, 0.1) is 0 Å². The Balaban J connectivity index is 2.73. The number of likely N-dealkylation sites (N-methyl/N-ethyl adjacent to an activating group) is 1. The summed E-state index contributed by atoms with van der Waals surface area (Å²) in [5, 5.41) is 2.24. The molecule has 2 amide bonds. The first-order valence-electron chi connectivity index (χ1n) is 4.43. The van der Waals surface area contributed by atoms with Crippen LogP contribution in [0.4, 0.5) is 13.2 Å². The van der Waals surface area contributed by atoms with Gasteiger partial charge in [0, 0.05) is 13.5 Å². The minimum absolute atomic E-state index is 0.00579. The summed E-state index contributed by atoms with van der Waals surface area (Å²) in [6.07, 6.45) is -4.32. The van der Waals surface area contributed by atoms with E-state index < -0.39 is 30.6 Å². The van der Waals surface area contributed by atoms with Crippen LogP contribution in [0.3, 0.4) is 0 Å². The topological polar surface area (TPSA) is 49.4 Å². The molecule has 7 heteroatoms. The summed E-state index contributed by atoms with van der Waals surface area (Å²) in [7, 11) is 1.33. The average Bonchev–Trinajstić information content (AvgIpc) is 2.45. The molecule has 0 radical (unpaired) electrons. The minimum atomic E-state index is -4.47. The normalized spacial score (nSPS) is 22.0. The predicted molar refractivity (Wildman–Crippen MR) is 44.9 cm³/mol. The molecule has 1 unspecified atom stereocenters. The van der Waals surface area contributed by atoms with Crippen LogP contribution in [0.25, 0.3) is 0 Å². The fraction of sp³-hybridized carbons (Fsp3) is 0.750. The monoisotopic (exact) mass is 224 g/mol. The van der Waals surface area contributed by atoms with Crippen LogP contribution in [0.1, 0.15) is 12.8 Å². The van der Waals surface area contributed by atoms with Gasteiger partial charge in [-0.25, -0.2) is 0 Å². The van der Waals surface area contributed by atoms with Crippen molar-refractivity contribution in [2.75, 3.05) is 13.6 Å². The molecule has 0 spiro atoms. The summed E-state index contributed by atoms with van der Waals surface area (Å²) >= 11 is 0. The van der Waals surface area contributed by atoms with Gasteiger partial charge in [0.1, 0.15) is 12.6 Å². The third-order valence-electron chi connectivity index (χ3n) is 2.23. The first-order valence-corrected chi connectivity index (χ1v) is 4.43. The van der Waals surface area contributed by atoms with Gasteiger partial charge < -0.3 is 10.2 Å². The van der Waals surface area contributed by atoms with E-state index in [1.807, 2.05) is 0 Å². The number of hydrogen-bond donors (Lipinski definition) is 1. The van der Waals surface area contributed by atoms with E-state index in [0.717, 1.165) is 0 Å². The van der Waals surface area contributed by atoms with Crippen molar-refractivity contribution in [2.24, 2.45) is 0 Å². The van der Waals surface area contributed by atoms with Crippen LogP contribution in [-0.4, -0.2) is 42.5 Å². The third kappa shape index (κ3) is 2.84. The molecule has 1 aliphatic rings. The Hall–Kier alpha value is -1.27. The number of carbonyl (C=O) groups is 2. The van der Waals surface area contributed by atoms with E-state index in [1.54, 1.807) is 0 Å². The van der Waals surface area contributed by atoms with Crippen molar-refractivity contribution >= 4 is 11.8 Å². The molecule has 86 valence electrons. The zero-order valence-electron chi connectivity index (χ0n) is 8.10. The second kappa shape index (κ2) is 4.08. The van der Waals surface area contributed by atoms with Crippen molar-refractivity contribution in [2.45, 2.75) is 25.1 Å². The zero-order chi connectivity index (χ0) is 11.6. The molecular weight excluding hydrogens is 213 g/mol. The molecule has 1 aliphatic heterocycles. The molecule has 0 aromatic carbocycles. The maximum absolute atomic E-state index is 12.1. The fourth-order valence-electron chi connectivity index (χ4n) is 1.56. The molecule has 1 saturated heterocycles. The number of likely N-dealkylation sites (tertiary alicyclic amines) is 1. The maximum atomic E-state index is 12.1. The number of alkyl halides is 3. The number of amides is 2. The van der Waals surface area contributed by atoms with Crippen LogP contribution >= 0.6 is 0 Å². The van der Waals surface area contributed by atoms with Crippen molar-refractivity contribution < 1.29 is 22.8 Å². The molecule has 0 aromatic heterocycles. The highest BCUT2D eigenvalue weighted by Gasteiger charge is 2.42. The predicted octanol–water partition coefficient (Wildman–Crippen LogP) is 0.286. The molecule has 1 N–H and O–H groups in total. The largest absolute Gasteiger partial charge is 0.406 e. The van der Waals surface area contributed by atoms with Gasteiger partial charge in [-0.2, -0.15) is 13.2 Å². The molecule has 0 aliphatic carbocycles. The first kappa shape index (κ1) is 11.8. The summed E-state index contributed by atoms with van der Waals surface area (Å²) in [5.41, 5.74) is 0. The van der Waals surface area contributed by atoms with E-state index in [2.05, 4.69) is 5.32 Å². The van der Waals surface area contributed by atoms with Crippen molar-refractivity contribution in [3.05, 3.63) is 0 Å². The lowest BCUT2D eigenvalue weighted by Gasteiger charge is -2.24. The number of carbonyl (C=O) groups excluding carboxylic acids is 2. The molecule has 0 aromatic rings. The Morgan fingerprint density at radius 3 is 2.67 bits per heavy atom. The number of halogens is 3. The second-order valence-electron chi connectivity index (χ2n) is 3.31. The molecule has 1 atom stereocenters. The Morgan fingerprint density at radius 1 is 1.60 bits per heavy atom. The third-order valence-corrected chi connectivity index (χ3v) is 2.23. The Kier molecular flexibility index (Phi) is 3.21. The van der Waals surface area contributed by atoms with E-state index in [0.29, 0.717) is 4.90 Å². The van der Waals surface area contributed by atoms with Gasteiger partial charge in [-0.1, -0.05) is 0 Å². The first-order chi connectivity index (χ1) is 6.85. The molecule has 1 heterocycles. The molecule has 1 rings (SSSR count). The zero-order valence-corrected chi connectivity index (χ0v) is 8.10. The lowest BCUT2D eigenvalue weighted by atomic mass is 10.2. The van der Waals surface area contributed by atoms with Crippen LogP contribution in [0.2, 0.25) is 0 Å². The minimum Gasteiger partial charge on any atom is -0.357 e. The Morgan fingerprint density at radius 2 is 2.20 bits per heavy atom. The van der Waals surface area contributed by atoms with Gasteiger partial charge in [0.15, 0.2) is 0 Å². The van der Waals surface area contributed by atoms with Crippen LogP contribution in [-0.2, 0) is 9.59 Å². The highest BCUT2D eigenvalue weighted by molar-refractivity contribution is 5.90. The lowest BCUT2D eigenvalue weighted by molar-refractivity contribution is -0.163. The summed E-state index contributed by atoms with van der Waals surface area (Å²) in [6.45, 7) is -1.36. The van der Waals surface area contributed by atoms with E-state index in [1.165, 1.54) is 7.05 Å². The number of hydrogen-bond acceptors (Lipinski definition) is 2. The quantitative estimate of drug-likeness (QED) is 0.732. The van der Waals surface area contributed by atoms with Gasteiger partial charge in [0.25, 0.3) is 0 Å². The highest BCUT2D eigenvalue weighted by Crippen LogP contribution is 2.24. The van der Waals surface area contributed by atoms with Gasteiger partial charge in [-0.3, -0.25) is 9.59 Å². The van der Waals surface area contributed by atoms with Crippen molar-refractivity contribution in [1.29, 1.82) is 0 Å². The molecule has 0 bridgehead atoms. The number of rotatable bonds is 2. The van der Waals surface area contributed by atoms with Crippen molar-refractivity contribution in [3.8, 4) is 0 Å². The standard InChI is InChI=1S/C8H11F3N2O2/c1-12-7(15)5-2-3-6(14)13(5)4-8(9,10)11/h5H,2-4H2,1H3,(H,12,15). The number of nitrogens with zero attached hydrogens (tertiary/aromatic N) is 1. The SMILES string of the molecule is CNC(=O)C1CCC(=O)N1CC(F)(F)F. The van der Waals surface area contributed by atoms with E-state index in [-0.39, 0.29) is 12.8 Å². The summed E-state index contributed by atoms with van der Waals surface area (Å²) in [4.78, 5) is 22.9. The molecule has 1 fully saturated rings. The van der Waals surface area contributed by atoms with Crippen molar-refractivity contribution in [1.82, 2.24) is 10.2 Å². The van der Waals surface area contributed by atoms with Crippen LogP contribution in [0.5, 0.6) is 0 Å². The van der Waals surface area contributed by atoms with Crippen molar-refractivity contribution in [3.63, 3.8) is 0 Å². The average molecular weight is 224 g/mol. The maximum Gasteiger partial charge on any atom is 0.406 e. The van der Waals surface area contributed by atoms with Gasteiger partial charge in [-0.05, 0) is 6.42 Å². The van der Waals surface area contributed by atoms with Crippen LogP contribution in [0.15, 0.2) is 0 Å². The molecular formula is C8H11F3N2O2. The second-order valence-corrected chi connectivity index (χ2v) is 3.31. The Bertz CT molecular complexity index is 278. The molecule has 0 saturated carbocycles. The van der Waals surface area contributed by atoms with Gasteiger partial charge in [-0.15, -0.1) is 0 Å². The summed E-state index contributed by atoms with van der Waals surface area (Å²) in [5.74, 6) is -1.17. The van der Waals surface area contributed by atoms with E-state index in [4.69, 9.17) is 0 Å². The fourth-order valence-corrected chi connectivity index (χ4v) is 1.56. The van der Waals surface area contributed by atoms with Gasteiger partial charge in [0.2, 0.25) is 11.8 Å². The van der Waals surface area contributed by atoms with Crippen LogP contribution < -0.4 is 5.32 Å². The van der Waals surface area contributed by atoms with Crippen LogP contribution in [0, 0.1) is 0 Å². The lowest BCUT2D eigenvalue weighted by Crippen LogP contribution is -2.47. The summed E-state index contributed by atoms with van der Waals surface area (Å²) in [6, 6.07) is -0.982. The Labute approximate surface area is 84.4 Å². The highest BCUT2D eigenvalue weighted by atomic mass is 19.4. The van der Waals surface area contributed by atoms with Gasteiger partial charge >= 0.3 is 6.18 Å². The number of nitrogens with one attached hydrogen (secondary N) is 1. The van der Waals surface area contributed by atoms with E-state index in [9.17, 15) is 22.8 Å². The molecule has 4 nitrogen and oxygen atoms in total. The summed E-state index contributed by atoms with van der Waals surface area (Å²) < 4.78 is 36.3. The smallest absolute Gasteiger partial charge is 0.357 e. The molecule has 15 heavy (non-hydrogen) atoms.